The smallest absolute Gasteiger partial charge is 0.150 e. The molecule has 1 fully saturated rings. The highest BCUT2D eigenvalue weighted by Gasteiger charge is 2.17. The molecule has 112 valence electrons. The van der Waals surface area contributed by atoms with Crippen molar-refractivity contribution in [3.05, 3.63) is 48.2 Å². The number of piperidine rings is 1. The summed E-state index contributed by atoms with van der Waals surface area (Å²) < 4.78 is 1.95. The summed E-state index contributed by atoms with van der Waals surface area (Å²) in [6.07, 6.45) is 3.29. The summed E-state index contributed by atoms with van der Waals surface area (Å²) in [6, 6.07) is 12.3. The zero-order valence-electron chi connectivity index (χ0n) is 12.8. The Bertz CT molecular complexity index is 552. The van der Waals surface area contributed by atoms with Gasteiger partial charge in [0.25, 0.3) is 0 Å². The van der Waals surface area contributed by atoms with Crippen LogP contribution in [0.15, 0.2) is 42.6 Å². The number of rotatable bonds is 3. The number of benzene rings is 1. The Kier molecular flexibility index (Phi) is 5.55. The average Bonchev–Trinajstić information content (AvgIpc) is 2.99. The second kappa shape index (κ2) is 7.62. The first-order valence-corrected chi connectivity index (χ1v) is 7.65. The number of hydrogen-bond donors (Lipinski definition) is 0. The van der Waals surface area contributed by atoms with Crippen molar-refractivity contribution >= 4 is 11.6 Å². The lowest BCUT2D eigenvalue weighted by atomic mass is 10.1. The summed E-state index contributed by atoms with van der Waals surface area (Å²) in [5.74, 6) is 1.34. The molecule has 0 amide bonds. The summed E-state index contributed by atoms with van der Waals surface area (Å²) in [4.78, 5) is 13.4. The molecule has 3 rings (SSSR count). The third-order valence-electron chi connectivity index (χ3n) is 3.46. The van der Waals surface area contributed by atoms with Gasteiger partial charge in [0.1, 0.15) is 5.78 Å². The lowest BCUT2D eigenvalue weighted by Gasteiger charge is -2.25. The molecule has 1 aliphatic rings. The van der Waals surface area contributed by atoms with Crippen molar-refractivity contribution in [2.75, 3.05) is 18.0 Å². The molecular formula is C17H23N3O. The highest BCUT2D eigenvalue weighted by atomic mass is 16.1. The lowest BCUT2D eigenvalue weighted by Crippen LogP contribution is -2.34. The monoisotopic (exact) mass is 285 g/mol. The van der Waals surface area contributed by atoms with E-state index in [9.17, 15) is 4.79 Å². The van der Waals surface area contributed by atoms with Gasteiger partial charge in [-0.1, -0.05) is 44.2 Å². The number of hydrogen-bond acceptors (Lipinski definition) is 3. The third-order valence-corrected chi connectivity index (χ3v) is 3.46. The van der Waals surface area contributed by atoms with Crippen LogP contribution in [0.25, 0.3) is 0 Å². The lowest BCUT2D eigenvalue weighted by molar-refractivity contribution is -0.119. The largest absolute Gasteiger partial charge is 0.354 e. The van der Waals surface area contributed by atoms with E-state index < -0.39 is 0 Å². The Labute approximate surface area is 126 Å². The van der Waals surface area contributed by atoms with Gasteiger partial charge in [0.2, 0.25) is 0 Å². The minimum absolute atomic E-state index is 0.361. The van der Waals surface area contributed by atoms with Crippen molar-refractivity contribution in [3.63, 3.8) is 0 Å². The predicted molar refractivity (Wildman–Crippen MR) is 85.6 cm³/mol. The normalized spacial score (nSPS) is 14.6. The van der Waals surface area contributed by atoms with Crippen molar-refractivity contribution < 1.29 is 4.79 Å². The Morgan fingerprint density at radius 3 is 2.38 bits per heavy atom. The van der Waals surface area contributed by atoms with E-state index in [0.717, 1.165) is 25.5 Å². The van der Waals surface area contributed by atoms with Gasteiger partial charge in [-0.15, -0.1) is 0 Å². The van der Waals surface area contributed by atoms with Gasteiger partial charge < -0.3 is 4.90 Å². The molecule has 4 nitrogen and oxygen atoms in total. The molecule has 0 aliphatic carbocycles. The first-order valence-electron chi connectivity index (χ1n) is 7.65. The molecule has 1 aromatic heterocycles. The van der Waals surface area contributed by atoms with E-state index in [4.69, 9.17) is 0 Å². The van der Waals surface area contributed by atoms with Crippen molar-refractivity contribution in [1.29, 1.82) is 0 Å². The highest BCUT2D eigenvalue weighted by Crippen LogP contribution is 2.16. The number of aromatic nitrogens is 2. The fourth-order valence-electron chi connectivity index (χ4n) is 2.36. The molecule has 0 radical (unpaired) electrons. The number of nitrogens with zero attached hydrogens (tertiary/aromatic N) is 3. The Morgan fingerprint density at radius 2 is 1.71 bits per heavy atom. The first-order chi connectivity index (χ1) is 10.3. The molecule has 0 saturated carbocycles. The van der Waals surface area contributed by atoms with Gasteiger partial charge in [-0.3, -0.25) is 9.48 Å². The molecule has 0 atom stereocenters. The van der Waals surface area contributed by atoms with Crippen molar-refractivity contribution in [2.24, 2.45) is 0 Å². The standard InChI is InChI=1S/C15H17N3O.C2H6/c19-14-6-9-17(10-7-14)15-8-11-18(16-15)12-13-4-2-1-3-5-13;1-2/h1-5,8,11H,6-7,9-10,12H2;1-2H3. The van der Waals surface area contributed by atoms with Crippen LogP contribution in [0.3, 0.4) is 0 Å². The Morgan fingerprint density at radius 1 is 1.05 bits per heavy atom. The topological polar surface area (TPSA) is 38.1 Å². The number of carbonyl (C=O) groups is 1. The van der Waals surface area contributed by atoms with Gasteiger partial charge >= 0.3 is 0 Å². The highest BCUT2D eigenvalue weighted by molar-refractivity contribution is 5.80. The van der Waals surface area contributed by atoms with Gasteiger partial charge in [-0.25, -0.2) is 0 Å². The number of carbonyl (C=O) groups excluding carboxylic acids is 1. The minimum Gasteiger partial charge on any atom is -0.354 e. The van der Waals surface area contributed by atoms with Crippen LogP contribution in [0.4, 0.5) is 5.82 Å². The molecule has 2 heterocycles. The van der Waals surface area contributed by atoms with Gasteiger partial charge in [0.15, 0.2) is 5.82 Å². The van der Waals surface area contributed by atoms with Gasteiger partial charge in [0, 0.05) is 38.2 Å². The van der Waals surface area contributed by atoms with E-state index in [0.29, 0.717) is 18.6 Å². The molecule has 1 aromatic carbocycles. The molecule has 21 heavy (non-hydrogen) atoms. The van der Waals surface area contributed by atoms with Crippen molar-refractivity contribution in [2.45, 2.75) is 33.2 Å². The number of ketones is 1. The fraction of sp³-hybridized carbons (Fsp3) is 0.412. The maximum atomic E-state index is 11.2. The number of Topliss-reactive ketones (excluding diaryl/α,β-unsaturated/α-hetero) is 1. The SMILES string of the molecule is CC.O=C1CCN(c2ccn(Cc3ccccc3)n2)CC1. The summed E-state index contributed by atoms with van der Waals surface area (Å²) in [7, 11) is 0. The zero-order valence-corrected chi connectivity index (χ0v) is 12.8. The van der Waals surface area contributed by atoms with Crippen LogP contribution in [0.1, 0.15) is 32.3 Å². The van der Waals surface area contributed by atoms with E-state index in [2.05, 4.69) is 22.1 Å². The summed E-state index contributed by atoms with van der Waals surface area (Å²) in [5.41, 5.74) is 1.24. The Hall–Kier alpha value is -2.10. The van der Waals surface area contributed by atoms with Crippen molar-refractivity contribution in [1.82, 2.24) is 9.78 Å². The molecule has 2 aromatic rings. The fourth-order valence-corrected chi connectivity index (χ4v) is 2.36. The van der Waals surface area contributed by atoms with E-state index in [1.807, 2.05) is 49.0 Å². The van der Waals surface area contributed by atoms with Crippen LogP contribution in [0, 0.1) is 0 Å². The van der Waals surface area contributed by atoms with Gasteiger partial charge in [0.05, 0.1) is 6.54 Å². The van der Waals surface area contributed by atoms with E-state index in [-0.39, 0.29) is 0 Å². The second-order valence-electron chi connectivity index (χ2n) is 4.88. The molecule has 0 unspecified atom stereocenters. The molecule has 0 N–H and O–H groups in total. The quantitative estimate of drug-likeness (QED) is 0.869. The predicted octanol–water partition coefficient (Wildman–Crippen LogP) is 3.13. The summed E-state index contributed by atoms with van der Waals surface area (Å²) >= 11 is 0. The van der Waals surface area contributed by atoms with Crippen LogP contribution in [0.5, 0.6) is 0 Å². The molecule has 1 saturated heterocycles. The van der Waals surface area contributed by atoms with Crippen LogP contribution >= 0.6 is 0 Å². The minimum atomic E-state index is 0.361. The zero-order chi connectivity index (χ0) is 15.1. The van der Waals surface area contributed by atoms with Gasteiger partial charge in [-0.05, 0) is 5.56 Å². The van der Waals surface area contributed by atoms with E-state index in [1.54, 1.807) is 0 Å². The molecular weight excluding hydrogens is 262 g/mol. The second-order valence-corrected chi connectivity index (χ2v) is 4.88. The molecule has 0 spiro atoms. The summed E-state index contributed by atoms with van der Waals surface area (Å²) in [5, 5.41) is 4.59. The summed E-state index contributed by atoms with van der Waals surface area (Å²) in [6.45, 7) is 6.37. The Balaban J connectivity index is 0.000000774. The molecule has 0 bridgehead atoms. The first kappa shape index (κ1) is 15.3. The van der Waals surface area contributed by atoms with Crippen LogP contribution in [-0.4, -0.2) is 28.7 Å². The molecule has 1 aliphatic heterocycles. The maximum absolute atomic E-state index is 11.2. The third kappa shape index (κ3) is 4.18. The maximum Gasteiger partial charge on any atom is 0.150 e. The van der Waals surface area contributed by atoms with Crippen molar-refractivity contribution in [3.8, 4) is 0 Å². The number of anilines is 1. The van der Waals surface area contributed by atoms with Crippen LogP contribution in [-0.2, 0) is 11.3 Å². The van der Waals surface area contributed by atoms with Crippen LogP contribution < -0.4 is 4.90 Å². The van der Waals surface area contributed by atoms with Crippen LogP contribution in [0.2, 0.25) is 0 Å². The molecule has 4 heteroatoms. The van der Waals surface area contributed by atoms with E-state index >= 15 is 0 Å². The van der Waals surface area contributed by atoms with E-state index in [1.165, 1.54) is 5.56 Å². The average molecular weight is 285 g/mol. The van der Waals surface area contributed by atoms with Gasteiger partial charge in [-0.2, -0.15) is 5.10 Å².